The van der Waals surface area contributed by atoms with Gasteiger partial charge in [-0.15, -0.1) is 0 Å². The van der Waals surface area contributed by atoms with E-state index in [9.17, 15) is 0 Å². The van der Waals surface area contributed by atoms with Crippen LogP contribution in [-0.4, -0.2) is 0 Å². The lowest BCUT2D eigenvalue weighted by molar-refractivity contribution is 0.660. The number of rotatable bonds is 6. The molecular weight excluding hydrogens is 667 g/mol. The number of nitrogens with zero attached hydrogens (tertiary/aromatic N) is 1. The summed E-state index contributed by atoms with van der Waals surface area (Å²) in [5.41, 5.74) is 17.6. The van der Waals surface area contributed by atoms with Crippen LogP contribution in [0.2, 0.25) is 0 Å². The Kier molecular flexibility index (Phi) is 6.93. The normalized spacial score (nSPS) is 13.1. The zero-order valence-corrected chi connectivity index (χ0v) is 30.8. The molecule has 55 heavy (non-hydrogen) atoms. The molecule has 0 amide bonds. The van der Waals surface area contributed by atoms with Crippen molar-refractivity contribution in [3.8, 4) is 44.5 Å². The van der Waals surface area contributed by atoms with Crippen LogP contribution in [-0.2, 0) is 5.41 Å². The first-order chi connectivity index (χ1) is 27.0. The van der Waals surface area contributed by atoms with Crippen LogP contribution in [0.3, 0.4) is 0 Å². The second-order valence-electron chi connectivity index (χ2n) is 15.4. The standard InChI is InChI=1S/C53H37NO/c1-53(2)47-31-39(41-30-40-17-16-38-14-9-15-49-51(38)52(40)50(32-41)55-49)22-28-45(47)46-29-27-44(33-48(46)53)54(42-23-18-36(19-24-42)34-10-5-3-6-11-34)43-25-20-37(21-26-43)35-12-7-4-8-13-35/h3-33H,1-2H3. The molecule has 0 saturated carbocycles. The van der Waals surface area contributed by atoms with Crippen molar-refractivity contribution in [3.05, 3.63) is 199 Å². The predicted molar refractivity (Wildman–Crippen MR) is 231 cm³/mol. The van der Waals surface area contributed by atoms with Gasteiger partial charge in [-0.3, -0.25) is 0 Å². The summed E-state index contributed by atoms with van der Waals surface area (Å²) in [6.07, 6.45) is 0. The third-order valence-electron chi connectivity index (χ3n) is 11.8. The Morgan fingerprint density at radius 1 is 0.364 bits per heavy atom. The highest BCUT2D eigenvalue weighted by molar-refractivity contribution is 6.22. The summed E-state index contributed by atoms with van der Waals surface area (Å²) < 4.78 is 6.42. The minimum atomic E-state index is -0.205. The molecule has 0 N–H and O–H groups in total. The van der Waals surface area contributed by atoms with Gasteiger partial charge in [0, 0.05) is 33.2 Å². The minimum Gasteiger partial charge on any atom is -0.456 e. The lowest BCUT2D eigenvalue weighted by Gasteiger charge is -2.28. The molecule has 0 aliphatic heterocycles. The van der Waals surface area contributed by atoms with E-state index in [-0.39, 0.29) is 5.41 Å². The molecule has 2 nitrogen and oxygen atoms in total. The summed E-state index contributed by atoms with van der Waals surface area (Å²) >= 11 is 0. The number of benzene rings is 9. The number of hydrogen-bond donors (Lipinski definition) is 0. The van der Waals surface area contributed by atoms with Crippen molar-refractivity contribution < 1.29 is 4.42 Å². The summed E-state index contributed by atoms with van der Waals surface area (Å²) in [6, 6.07) is 68.4. The molecule has 0 radical (unpaired) electrons. The van der Waals surface area contributed by atoms with E-state index in [1.807, 2.05) is 0 Å². The van der Waals surface area contributed by atoms with Crippen LogP contribution >= 0.6 is 0 Å². The zero-order chi connectivity index (χ0) is 36.7. The van der Waals surface area contributed by atoms with E-state index in [0.29, 0.717) is 0 Å². The van der Waals surface area contributed by atoms with Crippen molar-refractivity contribution in [2.75, 3.05) is 4.90 Å². The maximum absolute atomic E-state index is 6.42. The Hall–Kier alpha value is -6.90. The summed E-state index contributed by atoms with van der Waals surface area (Å²) in [6.45, 7) is 4.74. The van der Waals surface area contributed by atoms with Gasteiger partial charge in [0.1, 0.15) is 11.2 Å². The lowest BCUT2D eigenvalue weighted by Crippen LogP contribution is -2.16. The van der Waals surface area contributed by atoms with Crippen molar-refractivity contribution in [2.45, 2.75) is 19.3 Å². The van der Waals surface area contributed by atoms with Gasteiger partial charge in [-0.25, -0.2) is 0 Å². The summed E-state index contributed by atoms with van der Waals surface area (Å²) in [4.78, 5) is 2.39. The lowest BCUT2D eigenvalue weighted by atomic mass is 9.81. The fourth-order valence-corrected chi connectivity index (χ4v) is 8.98. The average molecular weight is 704 g/mol. The summed E-state index contributed by atoms with van der Waals surface area (Å²) in [5.74, 6) is 0. The van der Waals surface area contributed by atoms with Gasteiger partial charge in [0.25, 0.3) is 0 Å². The quantitative estimate of drug-likeness (QED) is 0.160. The first kappa shape index (κ1) is 31.6. The average Bonchev–Trinajstić information content (AvgIpc) is 3.73. The van der Waals surface area contributed by atoms with Gasteiger partial charge in [0.2, 0.25) is 0 Å². The minimum absolute atomic E-state index is 0.205. The van der Waals surface area contributed by atoms with Gasteiger partial charge in [0.05, 0.1) is 0 Å². The third-order valence-corrected chi connectivity index (χ3v) is 11.8. The highest BCUT2D eigenvalue weighted by Gasteiger charge is 2.36. The van der Waals surface area contributed by atoms with Crippen LogP contribution < -0.4 is 4.90 Å². The van der Waals surface area contributed by atoms with Crippen LogP contribution in [0, 0.1) is 0 Å². The largest absolute Gasteiger partial charge is 0.456 e. The molecule has 9 aromatic carbocycles. The Balaban J connectivity index is 0.995. The highest BCUT2D eigenvalue weighted by atomic mass is 16.3. The maximum atomic E-state index is 6.42. The van der Waals surface area contributed by atoms with Crippen molar-refractivity contribution in [1.29, 1.82) is 0 Å². The molecule has 1 aromatic heterocycles. The smallest absolute Gasteiger partial charge is 0.136 e. The van der Waals surface area contributed by atoms with E-state index in [1.165, 1.54) is 77.2 Å². The molecule has 1 aliphatic carbocycles. The van der Waals surface area contributed by atoms with Crippen LogP contribution in [0.1, 0.15) is 25.0 Å². The topological polar surface area (TPSA) is 16.4 Å². The van der Waals surface area contributed by atoms with Crippen molar-refractivity contribution in [2.24, 2.45) is 0 Å². The highest BCUT2D eigenvalue weighted by Crippen LogP contribution is 2.52. The van der Waals surface area contributed by atoms with Crippen molar-refractivity contribution >= 4 is 49.8 Å². The monoisotopic (exact) mass is 703 g/mol. The van der Waals surface area contributed by atoms with Gasteiger partial charge < -0.3 is 9.32 Å². The maximum Gasteiger partial charge on any atom is 0.136 e. The number of hydrogen-bond acceptors (Lipinski definition) is 2. The fourth-order valence-electron chi connectivity index (χ4n) is 8.98. The van der Waals surface area contributed by atoms with Crippen LogP contribution in [0.25, 0.3) is 77.2 Å². The van der Waals surface area contributed by atoms with Gasteiger partial charge >= 0.3 is 0 Å². The van der Waals surface area contributed by atoms with Gasteiger partial charge in [-0.1, -0.05) is 141 Å². The molecular formula is C53H37NO. The molecule has 2 heteroatoms. The predicted octanol–water partition coefficient (Wildman–Crippen LogP) is 15.0. The third kappa shape index (κ3) is 5.02. The number of fused-ring (bicyclic) bond motifs is 3. The molecule has 0 saturated heterocycles. The first-order valence-corrected chi connectivity index (χ1v) is 19.1. The molecule has 11 rings (SSSR count). The van der Waals surface area contributed by atoms with Gasteiger partial charge in [-0.05, 0) is 127 Å². The summed E-state index contributed by atoms with van der Waals surface area (Å²) in [5, 5.41) is 4.87. The second-order valence-corrected chi connectivity index (χ2v) is 15.4. The molecule has 0 spiro atoms. The second kappa shape index (κ2) is 12.1. The van der Waals surface area contributed by atoms with Crippen molar-refractivity contribution in [1.82, 2.24) is 0 Å². The van der Waals surface area contributed by atoms with E-state index in [1.54, 1.807) is 0 Å². The van der Waals surface area contributed by atoms with E-state index in [4.69, 9.17) is 4.42 Å². The molecule has 0 unspecified atom stereocenters. The Morgan fingerprint density at radius 3 is 1.55 bits per heavy atom. The molecule has 1 heterocycles. The number of anilines is 3. The van der Waals surface area contributed by atoms with Gasteiger partial charge in [0.15, 0.2) is 0 Å². The van der Waals surface area contributed by atoms with E-state index in [0.717, 1.165) is 28.2 Å². The first-order valence-electron chi connectivity index (χ1n) is 19.1. The van der Waals surface area contributed by atoms with E-state index < -0.39 is 0 Å². The van der Waals surface area contributed by atoms with E-state index >= 15 is 0 Å². The molecule has 1 aliphatic rings. The van der Waals surface area contributed by atoms with Crippen molar-refractivity contribution in [3.63, 3.8) is 0 Å². The summed E-state index contributed by atoms with van der Waals surface area (Å²) in [7, 11) is 0. The van der Waals surface area contributed by atoms with Crippen LogP contribution in [0.15, 0.2) is 192 Å². The fraction of sp³-hybridized carbons (Fsp3) is 0.0566. The number of furan rings is 1. The molecule has 10 aromatic rings. The van der Waals surface area contributed by atoms with Gasteiger partial charge in [-0.2, -0.15) is 0 Å². The Bertz CT molecular complexity index is 2940. The van der Waals surface area contributed by atoms with Crippen LogP contribution in [0.5, 0.6) is 0 Å². The molecule has 260 valence electrons. The van der Waals surface area contributed by atoms with E-state index in [2.05, 4.69) is 207 Å². The Morgan fingerprint density at radius 2 is 0.891 bits per heavy atom. The zero-order valence-electron chi connectivity index (χ0n) is 30.8. The Labute approximate surface area is 320 Å². The molecule has 0 bridgehead atoms. The SMILES string of the molecule is CC1(C)c2cc(-c3cc4ccc5cccc6oc(c3)c4c56)ccc2-c2ccc(N(c3ccc(-c4ccccc4)cc3)c3ccc(-c4ccccc4)cc3)cc21. The van der Waals surface area contributed by atoms with Crippen LogP contribution in [0.4, 0.5) is 17.1 Å². The molecule has 0 fully saturated rings. The molecule has 0 atom stereocenters.